The number of aromatic nitrogens is 1. The first-order valence-electron chi connectivity index (χ1n) is 11.6. The van der Waals surface area contributed by atoms with Gasteiger partial charge in [-0.1, -0.05) is 29.4 Å². The Morgan fingerprint density at radius 3 is 2.58 bits per heavy atom. The lowest BCUT2D eigenvalue weighted by molar-refractivity contribution is -0.132. The van der Waals surface area contributed by atoms with E-state index in [1.165, 1.54) is 11.1 Å². The number of rotatable bonds is 6. The average molecular weight is 566 g/mol. The number of hydrogen-bond donors (Lipinski definition) is 1. The summed E-state index contributed by atoms with van der Waals surface area (Å²) >= 11 is 0. The maximum atomic E-state index is 12.7. The molecule has 2 aromatic rings. The van der Waals surface area contributed by atoms with Crippen LogP contribution in [0.2, 0.25) is 0 Å². The molecular formula is C24H35IN6O2. The number of aryl methyl sites for hydroxylation is 1. The third kappa shape index (κ3) is 6.92. The fraction of sp³-hybridized carbons (Fsp3) is 0.542. The van der Waals surface area contributed by atoms with E-state index in [1.54, 1.807) is 0 Å². The van der Waals surface area contributed by atoms with E-state index in [2.05, 4.69) is 49.5 Å². The molecule has 0 spiro atoms. The summed E-state index contributed by atoms with van der Waals surface area (Å²) in [6.07, 6.45) is 2.33. The minimum absolute atomic E-state index is 0. The largest absolute Gasteiger partial charge is 0.361 e. The highest BCUT2D eigenvalue weighted by Gasteiger charge is 2.22. The number of benzene rings is 1. The van der Waals surface area contributed by atoms with Gasteiger partial charge in [0.25, 0.3) is 0 Å². The Hall–Kier alpha value is -2.14. The molecule has 1 N–H and O–H groups in total. The monoisotopic (exact) mass is 566 g/mol. The standard InChI is InChI=1S/C24H34N6O2.HI/c1-19-16-22(27-32-19)18-28-12-14-29(15-13-28)24(25-2)26-10-5-8-23(31)30-11-9-20-6-3-4-7-21(20)17-30;/h3-4,6-7,16H,5,8-15,17-18H2,1-2H3,(H,25,26);1H. The lowest BCUT2D eigenvalue weighted by Gasteiger charge is -2.36. The van der Waals surface area contributed by atoms with Crippen LogP contribution >= 0.6 is 24.0 Å². The summed E-state index contributed by atoms with van der Waals surface area (Å²) in [7, 11) is 1.82. The molecule has 1 saturated heterocycles. The quantitative estimate of drug-likeness (QED) is 0.251. The van der Waals surface area contributed by atoms with Crippen molar-refractivity contribution in [1.82, 2.24) is 25.2 Å². The Kier molecular flexibility index (Phi) is 9.54. The summed E-state index contributed by atoms with van der Waals surface area (Å²) < 4.78 is 5.17. The van der Waals surface area contributed by atoms with Crippen molar-refractivity contribution >= 4 is 35.8 Å². The molecule has 1 amide bonds. The number of halogens is 1. The molecule has 0 atom stereocenters. The van der Waals surface area contributed by atoms with Crippen LogP contribution in [-0.4, -0.2) is 78.0 Å². The first-order valence-corrected chi connectivity index (χ1v) is 11.6. The number of carbonyl (C=O) groups is 1. The summed E-state index contributed by atoms with van der Waals surface area (Å²) in [5.74, 6) is 2.01. The highest BCUT2D eigenvalue weighted by atomic mass is 127. The molecule has 180 valence electrons. The van der Waals surface area contributed by atoms with Gasteiger partial charge in [0.1, 0.15) is 5.76 Å². The summed E-state index contributed by atoms with van der Waals surface area (Å²) in [4.78, 5) is 23.8. The van der Waals surface area contributed by atoms with Gasteiger partial charge in [-0.3, -0.25) is 14.7 Å². The minimum atomic E-state index is 0. The highest BCUT2D eigenvalue weighted by molar-refractivity contribution is 14.0. The molecule has 0 bridgehead atoms. The number of piperazine rings is 1. The first kappa shape index (κ1) is 25.5. The van der Waals surface area contributed by atoms with Crippen LogP contribution in [-0.2, 0) is 24.3 Å². The number of amides is 1. The molecule has 0 saturated carbocycles. The second-order valence-electron chi connectivity index (χ2n) is 8.60. The van der Waals surface area contributed by atoms with Gasteiger partial charge in [0, 0.05) is 71.9 Å². The Morgan fingerprint density at radius 1 is 1.12 bits per heavy atom. The van der Waals surface area contributed by atoms with E-state index in [1.807, 2.05) is 24.9 Å². The van der Waals surface area contributed by atoms with Crippen LogP contribution in [0.25, 0.3) is 0 Å². The number of guanidine groups is 1. The summed E-state index contributed by atoms with van der Waals surface area (Å²) in [5.41, 5.74) is 3.64. The molecule has 2 aliphatic heterocycles. The van der Waals surface area contributed by atoms with E-state index in [-0.39, 0.29) is 29.9 Å². The zero-order valence-corrected chi connectivity index (χ0v) is 22.0. The van der Waals surface area contributed by atoms with E-state index in [0.717, 1.165) is 82.6 Å². The predicted molar refractivity (Wildman–Crippen MR) is 140 cm³/mol. The second-order valence-corrected chi connectivity index (χ2v) is 8.60. The van der Waals surface area contributed by atoms with Crippen molar-refractivity contribution in [3.8, 4) is 0 Å². The summed E-state index contributed by atoms with van der Waals surface area (Å²) in [6.45, 7) is 8.81. The van der Waals surface area contributed by atoms with Crippen molar-refractivity contribution in [3.63, 3.8) is 0 Å². The number of nitrogens with zero attached hydrogens (tertiary/aromatic N) is 5. The molecule has 0 radical (unpaired) electrons. The van der Waals surface area contributed by atoms with Crippen molar-refractivity contribution in [3.05, 3.63) is 52.9 Å². The number of hydrogen-bond acceptors (Lipinski definition) is 5. The smallest absolute Gasteiger partial charge is 0.222 e. The van der Waals surface area contributed by atoms with Crippen molar-refractivity contribution in [1.29, 1.82) is 0 Å². The molecule has 33 heavy (non-hydrogen) atoms. The second kappa shape index (κ2) is 12.4. The molecule has 0 unspecified atom stereocenters. The Balaban J connectivity index is 0.00000306. The van der Waals surface area contributed by atoms with Gasteiger partial charge in [0.2, 0.25) is 5.91 Å². The fourth-order valence-electron chi connectivity index (χ4n) is 4.48. The number of carbonyl (C=O) groups excluding carboxylic acids is 1. The van der Waals surface area contributed by atoms with Gasteiger partial charge < -0.3 is 19.6 Å². The van der Waals surface area contributed by atoms with E-state index < -0.39 is 0 Å². The highest BCUT2D eigenvalue weighted by Crippen LogP contribution is 2.19. The molecule has 4 rings (SSSR count). The van der Waals surface area contributed by atoms with Crippen molar-refractivity contribution in [2.75, 3.05) is 46.3 Å². The van der Waals surface area contributed by atoms with Crippen molar-refractivity contribution in [2.24, 2.45) is 4.99 Å². The van der Waals surface area contributed by atoms with Gasteiger partial charge >= 0.3 is 0 Å². The van der Waals surface area contributed by atoms with Crippen LogP contribution in [0.5, 0.6) is 0 Å². The van der Waals surface area contributed by atoms with Crippen molar-refractivity contribution < 1.29 is 9.32 Å². The Labute approximate surface area is 213 Å². The van der Waals surface area contributed by atoms with Crippen LogP contribution in [0.15, 0.2) is 39.8 Å². The van der Waals surface area contributed by atoms with Crippen LogP contribution in [0, 0.1) is 6.92 Å². The zero-order chi connectivity index (χ0) is 22.3. The Bertz CT molecular complexity index is 939. The van der Waals surface area contributed by atoms with Gasteiger partial charge in [-0.15, -0.1) is 24.0 Å². The lowest BCUT2D eigenvalue weighted by Crippen LogP contribution is -2.52. The predicted octanol–water partition coefficient (Wildman–Crippen LogP) is 2.66. The van der Waals surface area contributed by atoms with Gasteiger partial charge in [-0.2, -0.15) is 0 Å². The summed E-state index contributed by atoms with van der Waals surface area (Å²) in [6, 6.07) is 10.4. The van der Waals surface area contributed by atoms with Gasteiger partial charge in [0.05, 0.1) is 5.69 Å². The molecule has 0 aliphatic carbocycles. The lowest BCUT2D eigenvalue weighted by atomic mass is 9.99. The van der Waals surface area contributed by atoms with E-state index in [0.29, 0.717) is 6.42 Å². The zero-order valence-electron chi connectivity index (χ0n) is 19.6. The molecule has 3 heterocycles. The minimum Gasteiger partial charge on any atom is -0.361 e. The van der Waals surface area contributed by atoms with E-state index in [4.69, 9.17) is 4.52 Å². The molecule has 1 fully saturated rings. The van der Waals surface area contributed by atoms with Gasteiger partial charge in [-0.05, 0) is 30.9 Å². The van der Waals surface area contributed by atoms with Crippen LogP contribution in [0.4, 0.5) is 0 Å². The first-order chi connectivity index (χ1) is 15.6. The SMILES string of the molecule is CN=C(NCCCC(=O)N1CCc2ccccc2C1)N1CCN(Cc2cc(C)on2)CC1.I. The molecule has 1 aromatic carbocycles. The maximum Gasteiger partial charge on any atom is 0.222 e. The number of nitrogens with one attached hydrogen (secondary N) is 1. The Morgan fingerprint density at radius 2 is 1.88 bits per heavy atom. The van der Waals surface area contributed by atoms with Crippen molar-refractivity contribution in [2.45, 2.75) is 39.3 Å². The molecule has 2 aliphatic rings. The van der Waals surface area contributed by atoms with Crippen LogP contribution in [0.1, 0.15) is 35.4 Å². The number of aliphatic imine (C=N–C) groups is 1. The van der Waals surface area contributed by atoms with Crippen LogP contribution < -0.4 is 5.32 Å². The summed E-state index contributed by atoms with van der Waals surface area (Å²) in [5, 5.41) is 7.53. The topological polar surface area (TPSA) is 77.2 Å². The van der Waals surface area contributed by atoms with Crippen LogP contribution in [0.3, 0.4) is 0 Å². The van der Waals surface area contributed by atoms with E-state index >= 15 is 0 Å². The molecule has 9 heteroatoms. The normalized spacial score (nSPS) is 16.8. The molecule has 8 nitrogen and oxygen atoms in total. The third-order valence-electron chi connectivity index (χ3n) is 6.28. The van der Waals surface area contributed by atoms with E-state index in [9.17, 15) is 4.79 Å². The number of fused-ring (bicyclic) bond motifs is 1. The average Bonchev–Trinajstić information content (AvgIpc) is 3.23. The fourth-order valence-corrected chi connectivity index (χ4v) is 4.48. The van der Waals surface area contributed by atoms with Gasteiger partial charge in [0.15, 0.2) is 5.96 Å². The maximum absolute atomic E-state index is 12.7. The molecule has 1 aromatic heterocycles. The molecular weight excluding hydrogens is 531 g/mol. The third-order valence-corrected chi connectivity index (χ3v) is 6.28. The van der Waals surface area contributed by atoms with Gasteiger partial charge in [-0.25, -0.2) is 0 Å².